The molecule has 30 heavy (non-hydrogen) atoms. The van der Waals surface area contributed by atoms with Crippen molar-refractivity contribution in [3.8, 4) is 11.5 Å². The molecular formula is C24H31NO4Si. The second-order valence-corrected chi connectivity index (χ2v) is 12.8. The van der Waals surface area contributed by atoms with Gasteiger partial charge in [-0.1, -0.05) is 24.3 Å². The van der Waals surface area contributed by atoms with Crippen LogP contribution in [0.2, 0.25) is 19.6 Å². The number of nitrogens with zero attached hydrogens (tertiary/aromatic N) is 1. The van der Waals surface area contributed by atoms with E-state index in [1.165, 1.54) is 0 Å². The van der Waals surface area contributed by atoms with E-state index in [2.05, 4.69) is 19.6 Å². The number of likely N-dealkylation sites (tertiary alicyclic amines) is 1. The van der Waals surface area contributed by atoms with Crippen LogP contribution in [0.4, 0.5) is 0 Å². The number of amides is 1. The molecule has 1 amide bonds. The molecule has 0 N–H and O–H groups in total. The Balaban J connectivity index is 2.07. The van der Waals surface area contributed by atoms with Crippen molar-refractivity contribution >= 4 is 26.1 Å². The molecule has 0 aromatic heterocycles. The molecule has 2 aromatic rings. The number of carbonyl (C=O) groups is 1. The van der Waals surface area contributed by atoms with E-state index in [1.807, 2.05) is 53.4 Å². The molecule has 1 fully saturated rings. The van der Waals surface area contributed by atoms with Gasteiger partial charge in [-0.3, -0.25) is 4.79 Å². The van der Waals surface area contributed by atoms with Crippen LogP contribution in [0.15, 0.2) is 42.5 Å². The van der Waals surface area contributed by atoms with Gasteiger partial charge in [-0.25, -0.2) is 0 Å². The molecule has 0 saturated carbocycles. The maximum atomic E-state index is 13.2. The lowest BCUT2D eigenvalue weighted by Crippen LogP contribution is -2.29. The molecule has 3 rings (SSSR count). The van der Waals surface area contributed by atoms with E-state index >= 15 is 0 Å². The number of rotatable bonds is 7. The van der Waals surface area contributed by atoms with Gasteiger partial charge in [0.2, 0.25) is 8.32 Å². The molecule has 1 saturated heterocycles. The largest absolute Gasteiger partial charge is 0.544 e. The minimum Gasteiger partial charge on any atom is -0.544 e. The van der Waals surface area contributed by atoms with Crippen LogP contribution in [0.25, 0.3) is 11.8 Å². The summed E-state index contributed by atoms with van der Waals surface area (Å²) in [6.07, 6.45) is 4.11. The molecule has 1 aliphatic rings. The van der Waals surface area contributed by atoms with Crippen molar-refractivity contribution < 1.29 is 18.7 Å². The van der Waals surface area contributed by atoms with Crippen molar-refractivity contribution in [3.63, 3.8) is 0 Å². The number of carbonyl (C=O) groups excluding carboxylic acids is 1. The van der Waals surface area contributed by atoms with Crippen LogP contribution in [0.5, 0.6) is 11.5 Å². The fourth-order valence-electron chi connectivity index (χ4n) is 3.56. The zero-order valence-electron chi connectivity index (χ0n) is 18.5. The molecule has 1 aliphatic heterocycles. The van der Waals surface area contributed by atoms with Crippen molar-refractivity contribution in [3.05, 3.63) is 59.2 Å². The van der Waals surface area contributed by atoms with Gasteiger partial charge in [0.1, 0.15) is 5.76 Å². The quantitative estimate of drug-likeness (QED) is 0.344. The van der Waals surface area contributed by atoms with Gasteiger partial charge in [-0.05, 0) is 62.3 Å². The molecule has 0 atom stereocenters. The third-order valence-electron chi connectivity index (χ3n) is 4.94. The number of methoxy groups -OCH3 is 2. The van der Waals surface area contributed by atoms with Crippen LogP contribution in [0.3, 0.4) is 0 Å². The molecule has 0 unspecified atom stereocenters. The molecule has 6 heteroatoms. The van der Waals surface area contributed by atoms with E-state index in [9.17, 15) is 4.79 Å². The predicted molar refractivity (Wildman–Crippen MR) is 123 cm³/mol. The Morgan fingerprint density at radius 2 is 1.57 bits per heavy atom. The SMILES string of the molecule is COc1ccc(/C=C(\O[Si](C)(C)C)c2ccccc2C(=O)N2CCCC2)cc1OC. The van der Waals surface area contributed by atoms with Gasteiger partial charge in [-0.2, -0.15) is 0 Å². The third-order valence-corrected chi connectivity index (χ3v) is 5.77. The fraction of sp³-hybridized carbons (Fsp3) is 0.375. The Morgan fingerprint density at radius 1 is 0.933 bits per heavy atom. The van der Waals surface area contributed by atoms with E-state index < -0.39 is 8.32 Å². The van der Waals surface area contributed by atoms with Crippen LogP contribution in [0.1, 0.15) is 34.3 Å². The molecule has 160 valence electrons. The number of ether oxygens (including phenoxy) is 2. The maximum Gasteiger partial charge on any atom is 0.254 e. The van der Waals surface area contributed by atoms with Crippen molar-refractivity contribution in [2.45, 2.75) is 32.5 Å². The fourth-order valence-corrected chi connectivity index (χ4v) is 4.39. The summed E-state index contributed by atoms with van der Waals surface area (Å²) >= 11 is 0. The van der Waals surface area contributed by atoms with Gasteiger partial charge < -0.3 is 18.8 Å². The summed E-state index contributed by atoms with van der Waals surface area (Å²) in [5.41, 5.74) is 2.43. The highest BCUT2D eigenvalue weighted by Crippen LogP contribution is 2.32. The molecule has 0 aliphatic carbocycles. The second kappa shape index (κ2) is 9.39. The van der Waals surface area contributed by atoms with Crippen LogP contribution in [-0.2, 0) is 4.43 Å². The molecule has 0 spiro atoms. The van der Waals surface area contributed by atoms with E-state index in [4.69, 9.17) is 13.9 Å². The zero-order valence-corrected chi connectivity index (χ0v) is 19.5. The van der Waals surface area contributed by atoms with Gasteiger partial charge in [0.05, 0.1) is 19.8 Å². The summed E-state index contributed by atoms with van der Waals surface area (Å²) in [6, 6.07) is 13.5. The summed E-state index contributed by atoms with van der Waals surface area (Å²) in [4.78, 5) is 15.1. The summed E-state index contributed by atoms with van der Waals surface area (Å²) in [6.45, 7) is 8.05. The Hall–Kier alpha value is -2.73. The summed E-state index contributed by atoms with van der Waals surface area (Å²) in [5, 5.41) is 0. The lowest BCUT2D eigenvalue weighted by atomic mass is 10.0. The summed E-state index contributed by atoms with van der Waals surface area (Å²) in [7, 11) is 1.30. The van der Waals surface area contributed by atoms with Crippen molar-refractivity contribution in [2.75, 3.05) is 27.3 Å². The highest BCUT2D eigenvalue weighted by atomic mass is 28.4. The highest BCUT2D eigenvalue weighted by Gasteiger charge is 2.25. The first kappa shape index (κ1) is 22.0. The Bertz CT molecular complexity index is 927. The Kier molecular flexibility index (Phi) is 6.87. The molecule has 2 aromatic carbocycles. The topological polar surface area (TPSA) is 48.0 Å². The lowest BCUT2D eigenvalue weighted by molar-refractivity contribution is 0.0792. The first-order chi connectivity index (χ1) is 14.3. The van der Waals surface area contributed by atoms with E-state index in [0.717, 1.165) is 37.1 Å². The normalized spacial score (nSPS) is 14.6. The zero-order chi connectivity index (χ0) is 21.7. The van der Waals surface area contributed by atoms with E-state index in [1.54, 1.807) is 14.2 Å². The number of benzene rings is 2. The smallest absolute Gasteiger partial charge is 0.254 e. The first-order valence-electron chi connectivity index (χ1n) is 10.3. The van der Waals surface area contributed by atoms with Crippen molar-refractivity contribution in [1.29, 1.82) is 0 Å². The van der Waals surface area contributed by atoms with Gasteiger partial charge in [0.15, 0.2) is 11.5 Å². The first-order valence-corrected chi connectivity index (χ1v) is 13.7. The third kappa shape index (κ3) is 5.24. The number of hydrogen-bond donors (Lipinski definition) is 0. The van der Waals surface area contributed by atoms with Gasteiger partial charge in [0.25, 0.3) is 5.91 Å². The van der Waals surface area contributed by atoms with E-state index in [-0.39, 0.29) is 5.91 Å². The monoisotopic (exact) mass is 425 g/mol. The molecule has 0 bridgehead atoms. The molecule has 5 nitrogen and oxygen atoms in total. The van der Waals surface area contributed by atoms with Crippen LogP contribution in [-0.4, -0.2) is 46.4 Å². The van der Waals surface area contributed by atoms with Crippen LogP contribution >= 0.6 is 0 Å². The van der Waals surface area contributed by atoms with Crippen molar-refractivity contribution in [2.24, 2.45) is 0 Å². The van der Waals surface area contributed by atoms with Gasteiger partial charge >= 0.3 is 0 Å². The molecular weight excluding hydrogens is 394 g/mol. The Morgan fingerprint density at radius 3 is 2.17 bits per heavy atom. The minimum absolute atomic E-state index is 0.0699. The maximum absolute atomic E-state index is 13.2. The minimum atomic E-state index is -1.93. The number of hydrogen-bond acceptors (Lipinski definition) is 4. The predicted octanol–water partition coefficient (Wildman–Crippen LogP) is 5.29. The van der Waals surface area contributed by atoms with Crippen LogP contribution < -0.4 is 9.47 Å². The van der Waals surface area contributed by atoms with Crippen LogP contribution in [0, 0.1) is 0 Å². The average Bonchev–Trinajstić information content (AvgIpc) is 3.26. The summed E-state index contributed by atoms with van der Waals surface area (Å²) in [5.74, 6) is 2.11. The van der Waals surface area contributed by atoms with E-state index in [0.29, 0.717) is 22.8 Å². The molecule has 1 heterocycles. The lowest BCUT2D eigenvalue weighted by Gasteiger charge is -2.25. The average molecular weight is 426 g/mol. The standard InChI is InChI=1S/C24H31NO4Si/c1-27-21-13-12-18(17-23(21)28-2)16-22(29-30(3,4)5)19-10-6-7-11-20(19)24(26)25-14-8-9-15-25/h6-7,10-13,16-17H,8-9,14-15H2,1-5H3/b22-16-. The van der Waals surface area contributed by atoms with Gasteiger partial charge in [0, 0.05) is 18.7 Å². The molecule has 0 radical (unpaired) electrons. The van der Waals surface area contributed by atoms with Crippen molar-refractivity contribution in [1.82, 2.24) is 4.90 Å². The summed E-state index contributed by atoms with van der Waals surface area (Å²) < 4.78 is 17.3. The van der Waals surface area contributed by atoms with Gasteiger partial charge in [-0.15, -0.1) is 0 Å². The Labute approximate surface area is 180 Å². The highest BCUT2D eigenvalue weighted by molar-refractivity contribution is 6.70. The second-order valence-electron chi connectivity index (χ2n) is 8.38.